The molecule has 2 atom stereocenters. The predicted molar refractivity (Wildman–Crippen MR) is 183 cm³/mol. The van der Waals surface area contributed by atoms with Crippen LogP contribution >= 0.6 is 0 Å². The van der Waals surface area contributed by atoms with Crippen LogP contribution in [-0.4, -0.2) is 79.5 Å². The van der Waals surface area contributed by atoms with Crippen LogP contribution in [0.3, 0.4) is 0 Å². The van der Waals surface area contributed by atoms with Gasteiger partial charge in [0.1, 0.15) is 24.7 Å². The average Bonchev–Trinajstić information content (AvgIpc) is 3.15. The topological polar surface area (TPSA) is 114 Å². The Morgan fingerprint density at radius 1 is 0.857 bits per heavy atom. The summed E-state index contributed by atoms with van der Waals surface area (Å²) in [5.74, 6) is 0.555. The number of esters is 1. The number of alkyl carbamates (subject to hydrolysis) is 1. The summed E-state index contributed by atoms with van der Waals surface area (Å²) in [6.07, 6.45) is 4.50. The van der Waals surface area contributed by atoms with Crippen LogP contribution in [0.5, 0.6) is 5.75 Å². The first-order chi connectivity index (χ1) is 24.0. The van der Waals surface area contributed by atoms with Crippen molar-refractivity contribution in [2.75, 3.05) is 39.3 Å². The Labute approximate surface area is 287 Å². The molecule has 4 fully saturated rings. The van der Waals surface area contributed by atoms with Gasteiger partial charge in [0.25, 0.3) is 5.91 Å². The second-order valence-electron chi connectivity index (χ2n) is 13.2. The molecule has 4 aliphatic heterocycles. The van der Waals surface area contributed by atoms with Crippen LogP contribution < -0.4 is 10.1 Å². The largest absolute Gasteiger partial charge is 0.489 e. The van der Waals surface area contributed by atoms with E-state index in [0.29, 0.717) is 62.6 Å². The molecule has 4 heterocycles. The number of hydrogen-bond donors (Lipinski definition) is 1. The van der Waals surface area contributed by atoms with Gasteiger partial charge < -0.3 is 29.2 Å². The SMILES string of the molecule is O=CCCCOC(=O)C1CCN(C(=O)c2ccc(COc3cccc(C(NC(=O)OC4CN5CCC4CC5)c4ccccc4)c3)cc2)CC1. The molecule has 0 aromatic heterocycles. The van der Waals surface area contributed by atoms with Gasteiger partial charge in [0, 0.05) is 31.6 Å². The van der Waals surface area contributed by atoms with E-state index in [1.165, 1.54) is 0 Å². The Kier molecular flexibility index (Phi) is 11.6. The fraction of sp³-hybridized carbons (Fsp3) is 0.436. The summed E-state index contributed by atoms with van der Waals surface area (Å²) in [6.45, 7) is 4.51. The minimum Gasteiger partial charge on any atom is -0.489 e. The van der Waals surface area contributed by atoms with Crippen molar-refractivity contribution in [2.24, 2.45) is 11.8 Å². The van der Waals surface area contributed by atoms with Crippen LogP contribution in [0.15, 0.2) is 78.9 Å². The normalized spacial score (nSPS) is 21.0. The average molecular weight is 668 g/mol. The summed E-state index contributed by atoms with van der Waals surface area (Å²) in [5, 5.41) is 3.12. The minimum atomic E-state index is -0.414. The van der Waals surface area contributed by atoms with E-state index in [4.69, 9.17) is 14.2 Å². The summed E-state index contributed by atoms with van der Waals surface area (Å²) in [7, 11) is 0. The molecule has 4 aliphatic rings. The summed E-state index contributed by atoms with van der Waals surface area (Å²) in [5.41, 5.74) is 3.32. The highest BCUT2D eigenvalue weighted by Crippen LogP contribution is 2.31. The molecule has 4 saturated heterocycles. The Morgan fingerprint density at radius 2 is 1.59 bits per heavy atom. The number of carbonyl (C=O) groups excluding carboxylic acids is 4. The number of nitrogens with zero attached hydrogens (tertiary/aromatic N) is 2. The van der Waals surface area contributed by atoms with Crippen LogP contribution in [0.4, 0.5) is 4.79 Å². The van der Waals surface area contributed by atoms with E-state index < -0.39 is 12.1 Å². The van der Waals surface area contributed by atoms with Gasteiger partial charge in [-0.15, -0.1) is 0 Å². The van der Waals surface area contributed by atoms with Gasteiger partial charge in [-0.1, -0.05) is 54.6 Å². The molecule has 0 spiro atoms. The van der Waals surface area contributed by atoms with E-state index >= 15 is 0 Å². The van der Waals surface area contributed by atoms with Gasteiger partial charge in [-0.3, -0.25) is 14.5 Å². The van der Waals surface area contributed by atoms with Crippen LogP contribution in [0.1, 0.15) is 71.6 Å². The summed E-state index contributed by atoms with van der Waals surface area (Å²) < 4.78 is 17.4. The van der Waals surface area contributed by atoms with Crippen molar-refractivity contribution in [3.05, 3.63) is 101 Å². The third-order valence-corrected chi connectivity index (χ3v) is 9.87. The molecular weight excluding hydrogens is 622 g/mol. The van der Waals surface area contributed by atoms with E-state index in [9.17, 15) is 19.2 Å². The van der Waals surface area contributed by atoms with Crippen molar-refractivity contribution in [2.45, 2.75) is 57.3 Å². The Balaban J connectivity index is 1.02. The molecule has 10 nitrogen and oxygen atoms in total. The molecule has 10 heteroatoms. The highest BCUT2D eigenvalue weighted by atomic mass is 16.6. The molecule has 258 valence electrons. The zero-order chi connectivity index (χ0) is 34.0. The number of benzene rings is 3. The van der Waals surface area contributed by atoms with Crippen molar-refractivity contribution in [1.29, 1.82) is 0 Å². The Hall–Kier alpha value is -4.70. The zero-order valence-electron chi connectivity index (χ0n) is 27.8. The molecule has 49 heavy (non-hydrogen) atoms. The number of unbranched alkanes of at least 4 members (excludes halogenated alkanes) is 1. The zero-order valence-corrected chi connectivity index (χ0v) is 27.8. The van der Waals surface area contributed by atoms with Crippen molar-refractivity contribution >= 4 is 24.3 Å². The van der Waals surface area contributed by atoms with E-state index in [1.54, 1.807) is 17.0 Å². The number of amides is 2. The van der Waals surface area contributed by atoms with Crippen LogP contribution in [0, 0.1) is 11.8 Å². The molecule has 0 aliphatic carbocycles. The standard InChI is InChI=1S/C39H45N3O7/c43-23-4-5-24-47-38(45)32-17-21-42(22-18-32)37(44)31-13-11-28(12-14-31)27-48-34-10-6-9-33(25-34)36(30-7-2-1-3-8-30)40-39(46)49-35-26-41-19-15-29(35)16-20-41/h1-3,6-14,23,25,29,32,35-36H,4-5,15-22,24,26-27H2,(H,40,46). The van der Waals surface area contributed by atoms with Gasteiger partial charge in [0.15, 0.2) is 0 Å². The number of piperidine rings is 4. The number of rotatable bonds is 13. The highest BCUT2D eigenvalue weighted by Gasteiger charge is 2.37. The van der Waals surface area contributed by atoms with Gasteiger partial charge in [-0.2, -0.15) is 0 Å². The lowest BCUT2D eigenvalue weighted by Crippen LogP contribution is -2.52. The number of hydrogen-bond acceptors (Lipinski definition) is 8. The monoisotopic (exact) mass is 667 g/mol. The maximum absolute atomic E-state index is 13.2. The van der Waals surface area contributed by atoms with E-state index in [2.05, 4.69) is 10.2 Å². The molecule has 7 rings (SSSR count). The number of likely N-dealkylation sites (tertiary alicyclic amines) is 1. The lowest BCUT2D eigenvalue weighted by Gasteiger charge is -2.43. The summed E-state index contributed by atoms with van der Waals surface area (Å²) >= 11 is 0. The smallest absolute Gasteiger partial charge is 0.408 e. The highest BCUT2D eigenvalue weighted by molar-refractivity contribution is 5.94. The van der Waals surface area contributed by atoms with E-state index in [-0.39, 0.29) is 30.5 Å². The number of aldehydes is 1. The van der Waals surface area contributed by atoms with Gasteiger partial charge in [-0.05, 0) is 92.1 Å². The lowest BCUT2D eigenvalue weighted by atomic mass is 9.86. The first kappa shape index (κ1) is 34.2. The third kappa shape index (κ3) is 9.06. The minimum absolute atomic E-state index is 0.0653. The van der Waals surface area contributed by atoms with Gasteiger partial charge in [0.05, 0.1) is 18.6 Å². The molecule has 2 amide bonds. The van der Waals surface area contributed by atoms with Crippen LogP contribution in [0.25, 0.3) is 0 Å². The molecule has 1 N–H and O–H groups in total. The van der Waals surface area contributed by atoms with Crippen molar-refractivity contribution in [3.63, 3.8) is 0 Å². The van der Waals surface area contributed by atoms with Crippen molar-refractivity contribution < 1.29 is 33.4 Å². The van der Waals surface area contributed by atoms with Crippen molar-refractivity contribution in [1.82, 2.24) is 15.1 Å². The van der Waals surface area contributed by atoms with E-state index in [1.807, 2.05) is 66.7 Å². The fourth-order valence-electron chi connectivity index (χ4n) is 6.99. The second kappa shape index (κ2) is 16.6. The summed E-state index contributed by atoms with van der Waals surface area (Å²) in [6, 6.07) is 24.5. The third-order valence-electron chi connectivity index (χ3n) is 9.87. The first-order valence-electron chi connectivity index (χ1n) is 17.4. The molecule has 3 aromatic carbocycles. The molecular formula is C39H45N3O7. The predicted octanol–water partition coefficient (Wildman–Crippen LogP) is 5.55. The maximum atomic E-state index is 13.2. The van der Waals surface area contributed by atoms with Gasteiger partial charge in [0.2, 0.25) is 0 Å². The molecule has 3 aromatic rings. The van der Waals surface area contributed by atoms with Gasteiger partial charge >= 0.3 is 12.1 Å². The Bertz CT molecular complexity index is 1560. The van der Waals surface area contributed by atoms with Crippen molar-refractivity contribution in [3.8, 4) is 5.75 Å². The maximum Gasteiger partial charge on any atom is 0.408 e. The molecule has 2 bridgehead atoms. The number of fused-ring (bicyclic) bond motifs is 3. The fourth-order valence-corrected chi connectivity index (χ4v) is 6.99. The second-order valence-corrected chi connectivity index (χ2v) is 13.2. The Morgan fingerprint density at radius 3 is 2.29 bits per heavy atom. The lowest BCUT2D eigenvalue weighted by molar-refractivity contribution is -0.150. The van der Waals surface area contributed by atoms with Gasteiger partial charge in [-0.25, -0.2) is 4.79 Å². The number of ether oxygens (including phenoxy) is 3. The van der Waals surface area contributed by atoms with Crippen LogP contribution in [0.2, 0.25) is 0 Å². The molecule has 0 saturated carbocycles. The number of carbonyl (C=O) groups is 4. The van der Waals surface area contributed by atoms with E-state index in [0.717, 1.165) is 55.5 Å². The quantitative estimate of drug-likeness (QED) is 0.143. The van der Waals surface area contributed by atoms with Crippen LogP contribution in [-0.2, 0) is 25.7 Å². The number of nitrogens with one attached hydrogen (secondary N) is 1. The first-order valence-corrected chi connectivity index (χ1v) is 17.4. The summed E-state index contributed by atoms with van der Waals surface area (Å²) in [4.78, 5) is 53.2. The molecule has 2 unspecified atom stereocenters. The molecule has 0 radical (unpaired) electrons.